The molecule has 2 aliphatic rings. The number of rotatable bonds is 6. The number of nitrogens with one attached hydrogen (secondary N) is 4. The fourth-order valence-corrected chi connectivity index (χ4v) is 5.83. The first-order valence-electron chi connectivity index (χ1n) is 13.3. The Hall–Kier alpha value is -4.11. The fraction of sp³-hybridized carbons (Fsp3) is 0.226. The van der Waals surface area contributed by atoms with Gasteiger partial charge in [-0.1, -0.05) is 54.6 Å². The summed E-state index contributed by atoms with van der Waals surface area (Å²) < 4.78 is 20.0. The molecule has 0 radical (unpaired) electrons. The summed E-state index contributed by atoms with van der Waals surface area (Å²) in [5, 5.41) is 3.68. The van der Waals surface area contributed by atoms with Crippen molar-refractivity contribution in [3.8, 4) is 16.9 Å². The van der Waals surface area contributed by atoms with Gasteiger partial charge in [0.25, 0.3) is 0 Å². The van der Waals surface area contributed by atoms with Crippen molar-refractivity contribution >= 4 is 11.0 Å². The first-order chi connectivity index (χ1) is 19.2. The predicted molar refractivity (Wildman–Crippen MR) is 148 cm³/mol. The maximum atomic E-state index is 13.9. The second kappa shape index (κ2) is 10.2. The molecular weight excluding hydrogens is 491 g/mol. The van der Waals surface area contributed by atoms with Crippen LogP contribution in [0, 0.1) is 11.7 Å². The number of nitrogens with zero attached hydrogens (tertiary/aromatic N) is 2. The first-order valence-corrected chi connectivity index (χ1v) is 13.3. The molecule has 3 aromatic carbocycles. The standard InChI is InChI=1S/C31H29FN6O/c32-22-9-4-8-20(12-22)24-10-5-11-26-29(24)36-31(35-26)30-25-14-27(34-17-28(25)37-38-30)21-13-23(16-33-15-21)39-18-19-6-2-1-3-7-19/h1-13,15-16,25,27-28,30,34,37-38H,14,17-18H2,(H,35,36). The van der Waals surface area contributed by atoms with Crippen molar-refractivity contribution in [3.05, 3.63) is 114 Å². The molecule has 7 nitrogen and oxygen atoms in total. The number of benzene rings is 3. The van der Waals surface area contributed by atoms with E-state index in [2.05, 4.69) is 44.3 Å². The molecular formula is C31H29FN6O. The number of aromatic nitrogens is 3. The second-order valence-corrected chi connectivity index (χ2v) is 10.3. The topological polar surface area (TPSA) is 86.9 Å². The van der Waals surface area contributed by atoms with Crippen molar-refractivity contribution in [1.82, 2.24) is 31.1 Å². The lowest BCUT2D eigenvalue weighted by Gasteiger charge is -2.34. The summed E-state index contributed by atoms with van der Waals surface area (Å²) in [6, 6.07) is 25.3. The summed E-state index contributed by atoms with van der Waals surface area (Å²) in [6.07, 6.45) is 4.60. The van der Waals surface area contributed by atoms with Gasteiger partial charge in [0.1, 0.15) is 24.0 Å². The summed E-state index contributed by atoms with van der Waals surface area (Å²) in [5.41, 5.74) is 12.7. The van der Waals surface area contributed by atoms with E-state index in [0.717, 1.165) is 57.8 Å². The van der Waals surface area contributed by atoms with Crippen molar-refractivity contribution in [2.75, 3.05) is 6.54 Å². The van der Waals surface area contributed by atoms with Crippen LogP contribution >= 0.6 is 0 Å². The number of halogens is 1. The number of imidazole rings is 1. The van der Waals surface area contributed by atoms with Crippen molar-refractivity contribution in [2.45, 2.75) is 31.2 Å². The van der Waals surface area contributed by atoms with Crippen molar-refractivity contribution in [1.29, 1.82) is 0 Å². The van der Waals surface area contributed by atoms with E-state index in [1.807, 2.05) is 48.7 Å². The van der Waals surface area contributed by atoms with Gasteiger partial charge in [0.15, 0.2) is 0 Å². The Bertz CT molecular complexity index is 1610. The molecule has 0 saturated carbocycles. The van der Waals surface area contributed by atoms with Crippen LogP contribution in [0.15, 0.2) is 91.3 Å². The quantitative estimate of drug-likeness (QED) is 0.246. The first kappa shape index (κ1) is 24.0. The summed E-state index contributed by atoms with van der Waals surface area (Å²) in [5.74, 6) is 1.70. The maximum Gasteiger partial charge on any atom is 0.138 e. The summed E-state index contributed by atoms with van der Waals surface area (Å²) in [6.45, 7) is 1.33. The van der Waals surface area contributed by atoms with Crippen LogP contribution in [0.3, 0.4) is 0 Å². The molecule has 4 heterocycles. The minimum absolute atomic E-state index is 0.0119. The van der Waals surface area contributed by atoms with E-state index < -0.39 is 0 Å². The SMILES string of the molecule is Fc1cccc(-c2cccc3[nH]c(C4NNC5CNC(c6cncc(OCc7ccccc7)c6)CC54)nc23)c1. The molecule has 5 aromatic rings. The largest absolute Gasteiger partial charge is 0.487 e. The Morgan fingerprint density at radius 2 is 1.82 bits per heavy atom. The van der Waals surface area contributed by atoms with Gasteiger partial charge in [0, 0.05) is 36.3 Å². The molecule has 2 aliphatic heterocycles. The van der Waals surface area contributed by atoms with Crippen molar-refractivity contribution in [3.63, 3.8) is 0 Å². The molecule has 196 valence electrons. The molecule has 2 aromatic heterocycles. The number of aromatic amines is 1. The normalized spacial score (nSPS) is 22.6. The van der Waals surface area contributed by atoms with Crippen LogP contribution < -0.4 is 20.9 Å². The lowest BCUT2D eigenvalue weighted by atomic mass is 9.82. The van der Waals surface area contributed by atoms with Gasteiger partial charge in [-0.05, 0) is 47.4 Å². The van der Waals surface area contributed by atoms with Crippen molar-refractivity contribution < 1.29 is 9.13 Å². The molecule has 8 heteroatoms. The van der Waals surface area contributed by atoms with Crippen LogP contribution in [0.25, 0.3) is 22.2 Å². The van der Waals surface area contributed by atoms with E-state index in [-0.39, 0.29) is 23.9 Å². The third-order valence-corrected chi connectivity index (χ3v) is 7.81. The maximum absolute atomic E-state index is 13.9. The Morgan fingerprint density at radius 3 is 2.72 bits per heavy atom. The molecule has 0 amide bonds. The minimum Gasteiger partial charge on any atom is -0.487 e. The van der Waals surface area contributed by atoms with E-state index in [1.165, 1.54) is 6.07 Å². The van der Waals surface area contributed by atoms with E-state index in [4.69, 9.17) is 9.72 Å². The summed E-state index contributed by atoms with van der Waals surface area (Å²) >= 11 is 0. The van der Waals surface area contributed by atoms with Gasteiger partial charge in [-0.3, -0.25) is 10.4 Å². The number of para-hydroxylation sites is 1. The number of H-pyrrole nitrogens is 1. The zero-order valence-corrected chi connectivity index (χ0v) is 21.3. The average molecular weight is 521 g/mol. The molecule has 39 heavy (non-hydrogen) atoms. The second-order valence-electron chi connectivity index (χ2n) is 10.3. The number of piperidine rings is 1. The number of ether oxygens (including phenoxy) is 1. The molecule has 0 aliphatic carbocycles. The van der Waals surface area contributed by atoms with Gasteiger partial charge < -0.3 is 15.0 Å². The Morgan fingerprint density at radius 1 is 0.923 bits per heavy atom. The van der Waals surface area contributed by atoms with Crippen LogP contribution in [-0.2, 0) is 6.61 Å². The van der Waals surface area contributed by atoms with E-state index in [9.17, 15) is 4.39 Å². The smallest absolute Gasteiger partial charge is 0.138 e. The summed E-state index contributed by atoms with van der Waals surface area (Å²) in [4.78, 5) is 13.0. The van der Waals surface area contributed by atoms with Gasteiger partial charge >= 0.3 is 0 Å². The molecule has 0 bridgehead atoms. The van der Waals surface area contributed by atoms with Crippen LogP contribution in [0.1, 0.15) is 35.5 Å². The number of hydrazine groups is 1. The molecule has 4 N–H and O–H groups in total. The molecule has 0 spiro atoms. The lowest BCUT2D eigenvalue weighted by Crippen LogP contribution is -2.46. The summed E-state index contributed by atoms with van der Waals surface area (Å²) in [7, 11) is 0. The fourth-order valence-electron chi connectivity index (χ4n) is 5.83. The Labute approximate surface area is 225 Å². The van der Waals surface area contributed by atoms with Crippen LogP contribution in [0.4, 0.5) is 4.39 Å². The van der Waals surface area contributed by atoms with E-state index >= 15 is 0 Å². The van der Waals surface area contributed by atoms with Crippen LogP contribution in [0.2, 0.25) is 0 Å². The predicted octanol–water partition coefficient (Wildman–Crippen LogP) is 5.21. The van der Waals surface area contributed by atoms with Gasteiger partial charge in [-0.2, -0.15) is 0 Å². The number of hydrogen-bond acceptors (Lipinski definition) is 6. The molecule has 2 fully saturated rings. The lowest BCUT2D eigenvalue weighted by molar-refractivity contribution is 0.262. The van der Waals surface area contributed by atoms with E-state index in [1.54, 1.807) is 18.3 Å². The minimum atomic E-state index is -0.255. The highest BCUT2D eigenvalue weighted by molar-refractivity contribution is 5.92. The molecule has 2 saturated heterocycles. The van der Waals surface area contributed by atoms with Gasteiger partial charge in [-0.15, -0.1) is 0 Å². The van der Waals surface area contributed by atoms with E-state index in [0.29, 0.717) is 12.5 Å². The van der Waals surface area contributed by atoms with Gasteiger partial charge in [0.05, 0.1) is 23.3 Å². The molecule has 4 unspecified atom stereocenters. The zero-order chi connectivity index (χ0) is 26.2. The highest BCUT2D eigenvalue weighted by Gasteiger charge is 2.42. The third kappa shape index (κ3) is 4.78. The monoisotopic (exact) mass is 520 g/mol. The number of fused-ring (bicyclic) bond motifs is 2. The highest BCUT2D eigenvalue weighted by Crippen LogP contribution is 2.39. The highest BCUT2D eigenvalue weighted by atomic mass is 19.1. The van der Waals surface area contributed by atoms with Crippen molar-refractivity contribution in [2.24, 2.45) is 5.92 Å². The average Bonchev–Trinajstić information content (AvgIpc) is 3.60. The van der Waals surface area contributed by atoms with Crippen LogP contribution in [0.5, 0.6) is 5.75 Å². The van der Waals surface area contributed by atoms with Gasteiger partial charge in [0.2, 0.25) is 0 Å². The van der Waals surface area contributed by atoms with Gasteiger partial charge in [-0.25, -0.2) is 14.8 Å². The zero-order valence-electron chi connectivity index (χ0n) is 21.3. The Balaban J connectivity index is 1.12. The number of pyridine rings is 1. The molecule has 7 rings (SSSR count). The number of hydrogen-bond donors (Lipinski definition) is 4. The molecule has 4 atom stereocenters. The third-order valence-electron chi connectivity index (χ3n) is 7.81. The Kier molecular flexibility index (Phi) is 6.28. The van der Waals surface area contributed by atoms with Crippen LogP contribution in [-0.4, -0.2) is 27.5 Å².